The number of aryl methyl sites for hydroxylation is 1. The summed E-state index contributed by atoms with van der Waals surface area (Å²) < 4.78 is 17.5. The molecule has 0 aliphatic carbocycles. The molecule has 0 spiro atoms. The quantitative estimate of drug-likeness (QED) is 0.719. The molecule has 1 aliphatic heterocycles. The highest BCUT2D eigenvalue weighted by atomic mass is 16.7. The first-order valence-electron chi connectivity index (χ1n) is 5.80. The van der Waals surface area contributed by atoms with Crippen molar-refractivity contribution >= 4 is 12.8 Å². The number of hydrogen-bond donors (Lipinski definition) is 0. The van der Waals surface area contributed by atoms with E-state index in [1.54, 1.807) is 0 Å². The van der Waals surface area contributed by atoms with Crippen LogP contribution in [0.3, 0.4) is 0 Å². The minimum atomic E-state index is -0.381. The molecule has 2 heterocycles. The molecule has 88 valence electrons. The van der Waals surface area contributed by atoms with Gasteiger partial charge < -0.3 is 13.7 Å². The number of rotatable bonds is 2. The van der Waals surface area contributed by atoms with Crippen molar-refractivity contribution in [3.05, 3.63) is 17.9 Å². The molecule has 1 saturated heterocycles. The van der Waals surface area contributed by atoms with Crippen molar-refractivity contribution in [1.82, 2.24) is 0 Å². The maximum absolute atomic E-state index is 6.00. The van der Waals surface area contributed by atoms with E-state index in [1.165, 1.54) is 0 Å². The van der Waals surface area contributed by atoms with E-state index >= 15 is 0 Å². The van der Waals surface area contributed by atoms with Gasteiger partial charge in [-0.2, -0.15) is 0 Å². The second-order valence-corrected chi connectivity index (χ2v) is 5.11. The summed E-state index contributed by atoms with van der Waals surface area (Å²) in [5.74, 6) is 0.880. The lowest BCUT2D eigenvalue weighted by atomic mass is 9.85. The van der Waals surface area contributed by atoms with Gasteiger partial charge in [-0.15, -0.1) is 0 Å². The van der Waals surface area contributed by atoms with Gasteiger partial charge in [-0.25, -0.2) is 0 Å². The van der Waals surface area contributed by atoms with Gasteiger partial charge in [0.1, 0.15) is 5.66 Å². The Balaban J connectivity index is 2.24. The molecule has 1 fully saturated rings. The standard InChI is InChI=1S/C12H19BO3/c1-6-12(5)11(3,4)15-13(16-12)10-8-7-9(2)14-10/h7-8H,6H2,1-5H3. The van der Waals surface area contributed by atoms with Crippen molar-refractivity contribution in [3.8, 4) is 0 Å². The summed E-state index contributed by atoms with van der Waals surface area (Å²) in [5.41, 5.74) is 0.189. The van der Waals surface area contributed by atoms with Crippen LogP contribution in [0.25, 0.3) is 0 Å². The van der Waals surface area contributed by atoms with Gasteiger partial charge in [-0.05, 0) is 46.2 Å². The molecular formula is C12H19BO3. The smallest absolute Gasteiger partial charge is 0.470 e. The van der Waals surface area contributed by atoms with E-state index in [1.807, 2.05) is 19.1 Å². The lowest BCUT2D eigenvalue weighted by molar-refractivity contribution is -0.0118. The number of hydrogen-bond acceptors (Lipinski definition) is 3. The highest BCUT2D eigenvalue weighted by molar-refractivity contribution is 6.60. The molecule has 1 atom stereocenters. The zero-order valence-electron chi connectivity index (χ0n) is 10.7. The normalized spacial score (nSPS) is 28.7. The molecule has 2 rings (SSSR count). The first kappa shape index (κ1) is 11.7. The van der Waals surface area contributed by atoms with E-state index in [0.717, 1.165) is 17.8 Å². The van der Waals surface area contributed by atoms with Crippen LogP contribution in [-0.2, 0) is 9.31 Å². The Hall–Kier alpha value is -0.735. The number of furan rings is 1. The molecule has 0 amide bonds. The SMILES string of the molecule is CCC1(C)OB(c2ccc(C)o2)OC1(C)C. The summed E-state index contributed by atoms with van der Waals surface area (Å²) in [4.78, 5) is 0. The fraction of sp³-hybridized carbons (Fsp3) is 0.667. The topological polar surface area (TPSA) is 31.6 Å². The summed E-state index contributed by atoms with van der Waals surface area (Å²) >= 11 is 0. The van der Waals surface area contributed by atoms with Crippen molar-refractivity contribution in [2.45, 2.75) is 52.2 Å². The zero-order valence-corrected chi connectivity index (χ0v) is 10.7. The van der Waals surface area contributed by atoms with Crippen LogP contribution in [-0.4, -0.2) is 18.3 Å². The molecule has 16 heavy (non-hydrogen) atoms. The van der Waals surface area contributed by atoms with Gasteiger partial charge in [0.25, 0.3) is 0 Å². The monoisotopic (exact) mass is 222 g/mol. The summed E-state index contributed by atoms with van der Waals surface area (Å²) in [6, 6.07) is 3.84. The molecule has 0 bridgehead atoms. The van der Waals surface area contributed by atoms with Crippen LogP contribution in [0.1, 0.15) is 39.9 Å². The zero-order chi connectivity index (χ0) is 12.0. The third-order valence-electron chi connectivity index (χ3n) is 3.71. The van der Waals surface area contributed by atoms with E-state index in [4.69, 9.17) is 13.7 Å². The second-order valence-electron chi connectivity index (χ2n) is 5.11. The minimum Gasteiger partial charge on any atom is -0.470 e. The lowest BCUT2D eigenvalue weighted by Gasteiger charge is -2.35. The molecule has 0 N–H and O–H groups in total. The van der Waals surface area contributed by atoms with Crippen LogP contribution in [0.15, 0.2) is 16.5 Å². The fourth-order valence-electron chi connectivity index (χ4n) is 2.00. The summed E-state index contributed by atoms with van der Waals surface area (Å²) in [6.45, 7) is 10.2. The largest absolute Gasteiger partial charge is 0.532 e. The predicted molar refractivity (Wildman–Crippen MR) is 63.8 cm³/mol. The molecule has 1 aliphatic rings. The molecule has 3 nitrogen and oxygen atoms in total. The van der Waals surface area contributed by atoms with Crippen molar-refractivity contribution in [1.29, 1.82) is 0 Å². The lowest BCUT2D eigenvalue weighted by Crippen LogP contribution is -2.44. The summed E-state index contributed by atoms with van der Waals surface area (Å²) in [7, 11) is -0.381. The molecule has 1 aromatic rings. The van der Waals surface area contributed by atoms with Crippen LogP contribution >= 0.6 is 0 Å². The summed E-state index contributed by atoms with van der Waals surface area (Å²) in [5, 5.41) is 0. The maximum atomic E-state index is 6.00. The van der Waals surface area contributed by atoms with Crippen LogP contribution < -0.4 is 5.66 Å². The molecule has 1 aromatic heterocycles. The molecular weight excluding hydrogens is 203 g/mol. The Morgan fingerprint density at radius 3 is 2.31 bits per heavy atom. The van der Waals surface area contributed by atoms with Gasteiger partial charge in [-0.1, -0.05) is 6.92 Å². The Kier molecular flexibility index (Phi) is 2.67. The average molecular weight is 222 g/mol. The first-order valence-corrected chi connectivity index (χ1v) is 5.80. The van der Waals surface area contributed by atoms with Gasteiger partial charge >= 0.3 is 7.12 Å². The first-order chi connectivity index (χ1) is 7.38. The molecule has 4 heteroatoms. The van der Waals surface area contributed by atoms with Gasteiger partial charge in [-0.3, -0.25) is 0 Å². The Labute approximate surface area is 97.3 Å². The average Bonchev–Trinajstić information content (AvgIpc) is 2.71. The maximum Gasteiger partial charge on any atom is 0.532 e. The van der Waals surface area contributed by atoms with Crippen LogP contribution in [0.4, 0.5) is 0 Å². The predicted octanol–water partition coefficient (Wildman–Crippen LogP) is 2.28. The third kappa shape index (κ3) is 1.70. The Morgan fingerprint density at radius 2 is 1.88 bits per heavy atom. The minimum absolute atomic E-state index is 0.266. The van der Waals surface area contributed by atoms with Gasteiger partial charge in [0.05, 0.1) is 17.0 Å². The highest BCUT2D eigenvalue weighted by Crippen LogP contribution is 2.39. The van der Waals surface area contributed by atoms with Crippen LogP contribution in [0.5, 0.6) is 0 Å². The van der Waals surface area contributed by atoms with Crippen molar-refractivity contribution in [2.75, 3.05) is 0 Å². The molecule has 0 saturated carbocycles. The molecule has 0 aromatic carbocycles. The Bertz CT molecular complexity index is 385. The van der Waals surface area contributed by atoms with E-state index in [0.29, 0.717) is 0 Å². The van der Waals surface area contributed by atoms with Gasteiger partial charge in [0.15, 0.2) is 0 Å². The van der Waals surface area contributed by atoms with Crippen LogP contribution in [0.2, 0.25) is 0 Å². The third-order valence-corrected chi connectivity index (χ3v) is 3.71. The van der Waals surface area contributed by atoms with E-state index in [-0.39, 0.29) is 18.3 Å². The van der Waals surface area contributed by atoms with Crippen molar-refractivity contribution < 1.29 is 13.7 Å². The van der Waals surface area contributed by atoms with Crippen LogP contribution in [0, 0.1) is 6.92 Å². The fourth-order valence-corrected chi connectivity index (χ4v) is 2.00. The summed E-state index contributed by atoms with van der Waals surface area (Å²) in [6.07, 6.45) is 0.913. The van der Waals surface area contributed by atoms with Crippen molar-refractivity contribution in [3.63, 3.8) is 0 Å². The van der Waals surface area contributed by atoms with E-state index in [9.17, 15) is 0 Å². The van der Waals surface area contributed by atoms with E-state index < -0.39 is 0 Å². The molecule has 1 unspecified atom stereocenters. The van der Waals surface area contributed by atoms with Gasteiger partial charge in [0.2, 0.25) is 0 Å². The van der Waals surface area contributed by atoms with Gasteiger partial charge in [0, 0.05) is 0 Å². The van der Waals surface area contributed by atoms with Crippen molar-refractivity contribution in [2.24, 2.45) is 0 Å². The van der Waals surface area contributed by atoms with E-state index in [2.05, 4.69) is 27.7 Å². The molecule has 0 radical (unpaired) electrons. The Morgan fingerprint density at radius 1 is 1.19 bits per heavy atom. The second kappa shape index (κ2) is 3.64. The highest BCUT2D eigenvalue weighted by Gasteiger charge is 2.54.